The highest BCUT2D eigenvalue weighted by Gasteiger charge is 2.13. The summed E-state index contributed by atoms with van der Waals surface area (Å²) in [5.74, 6) is 0.446. The van der Waals surface area contributed by atoms with E-state index in [9.17, 15) is 4.79 Å². The van der Waals surface area contributed by atoms with Gasteiger partial charge in [0, 0.05) is 0 Å². The van der Waals surface area contributed by atoms with Crippen LogP contribution in [0.4, 0.5) is 5.69 Å². The zero-order chi connectivity index (χ0) is 15.6. The van der Waals surface area contributed by atoms with Crippen LogP contribution in [0.5, 0.6) is 5.75 Å². The number of nitrogens with one attached hydrogen (secondary N) is 1. The molecule has 1 aromatic heterocycles. The number of benzene rings is 1. The first-order chi connectivity index (χ1) is 9.92. The number of anilines is 1. The van der Waals surface area contributed by atoms with Gasteiger partial charge in [-0.1, -0.05) is 17.7 Å². The van der Waals surface area contributed by atoms with Gasteiger partial charge in [0.15, 0.2) is 0 Å². The molecule has 1 N–H and O–H groups in total. The predicted octanol–water partition coefficient (Wildman–Crippen LogP) is 3.11. The van der Waals surface area contributed by atoms with Gasteiger partial charge in [0.2, 0.25) is 5.91 Å². The van der Waals surface area contributed by atoms with Gasteiger partial charge in [0.1, 0.15) is 12.3 Å². The summed E-state index contributed by atoms with van der Waals surface area (Å²) in [6, 6.07) is 5.62. The van der Waals surface area contributed by atoms with Crippen molar-refractivity contribution in [1.29, 1.82) is 0 Å². The molecule has 0 atom stereocenters. The molecule has 2 aromatic rings. The second-order valence-electron chi connectivity index (χ2n) is 4.89. The number of methoxy groups -OCH3 is 1. The Morgan fingerprint density at radius 1 is 1.38 bits per heavy atom. The molecule has 0 unspecified atom stereocenters. The Kier molecular flexibility index (Phi) is 4.53. The summed E-state index contributed by atoms with van der Waals surface area (Å²) in [7, 11) is 1.57. The zero-order valence-electron chi connectivity index (χ0n) is 12.5. The van der Waals surface area contributed by atoms with Crippen LogP contribution < -0.4 is 10.1 Å². The van der Waals surface area contributed by atoms with Gasteiger partial charge >= 0.3 is 0 Å². The minimum absolute atomic E-state index is 0.108. The van der Waals surface area contributed by atoms with E-state index < -0.39 is 0 Å². The molecule has 6 heteroatoms. The quantitative estimate of drug-likeness (QED) is 0.944. The number of hydrogen-bond donors (Lipinski definition) is 1. The lowest BCUT2D eigenvalue weighted by Crippen LogP contribution is -2.20. The van der Waals surface area contributed by atoms with E-state index in [1.54, 1.807) is 11.8 Å². The maximum Gasteiger partial charge on any atom is 0.246 e. The van der Waals surface area contributed by atoms with Crippen molar-refractivity contribution >= 4 is 23.2 Å². The second-order valence-corrected chi connectivity index (χ2v) is 5.27. The van der Waals surface area contributed by atoms with Crippen molar-refractivity contribution < 1.29 is 9.53 Å². The summed E-state index contributed by atoms with van der Waals surface area (Å²) in [6.45, 7) is 5.71. The van der Waals surface area contributed by atoms with Crippen LogP contribution in [0.1, 0.15) is 17.0 Å². The number of nitrogens with zero attached hydrogens (tertiary/aromatic N) is 2. The third kappa shape index (κ3) is 3.36. The minimum atomic E-state index is -0.179. The number of ether oxygens (including phenoxy) is 1. The topological polar surface area (TPSA) is 56.1 Å². The first-order valence-electron chi connectivity index (χ1n) is 6.56. The van der Waals surface area contributed by atoms with Crippen molar-refractivity contribution in [2.45, 2.75) is 27.3 Å². The maximum absolute atomic E-state index is 12.2. The lowest BCUT2D eigenvalue weighted by atomic mass is 10.2. The number of carbonyl (C=O) groups is 1. The van der Waals surface area contributed by atoms with Crippen molar-refractivity contribution in [3.05, 3.63) is 40.2 Å². The van der Waals surface area contributed by atoms with Gasteiger partial charge < -0.3 is 10.1 Å². The van der Waals surface area contributed by atoms with Crippen LogP contribution in [0.2, 0.25) is 5.02 Å². The molecule has 0 bridgehead atoms. The van der Waals surface area contributed by atoms with Crippen molar-refractivity contribution in [3.63, 3.8) is 0 Å². The van der Waals surface area contributed by atoms with Gasteiger partial charge in [-0.15, -0.1) is 0 Å². The predicted molar refractivity (Wildman–Crippen MR) is 83.1 cm³/mol. The fraction of sp³-hybridized carbons (Fsp3) is 0.333. The van der Waals surface area contributed by atoms with Crippen LogP contribution in [0.15, 0.2) is 18.2 Å². The summed E-state index contributed by atoms with van der Waals surface area (Å²) >= 11 is 6.08. The van der Waals surface area contributed by atoms with Gasteiger partial charge in [-0.05, 0) is 38.5 Å². The molecule has 5 nitrogen and oxygen atoms in total. The van der Waals surface area contributed by atoms with Crippen LogP contribution >= 0.6 is 11.6 Å². The van der Waals surface area contributed by atoms with Gasteiger partial charge in [0.25, 0.3) is 0 Å². The monoisotopic (exact) mass is 307 g/mol. The van der Waals surface area contributed by atoms with Crippen LogP contribution in [0.25, 0.3) is 0 Å². The Labute approximate surface area is 128 Å². The molecule has 0 fully saturated rings. The average molecular weight is 308 g/mol. The molecule has 1 heterocycles. The summed E-state index contributed by atoms with van der Waals surface area (Å²) < 4.78 is 6.83. The SMILES string of the molecule is COc1ccc(C)cc1NC(=O)Cn1nc(C)c(Cl)c1C. The Morgan fingerprint density at radius 2 is 2.10 bits per heavy atom. The molecule has 0 spiro atoms. The maximum atomic E-state index is 12.2. The molecule has 1 aromatic carbocycles. The normalized spacial score (nSPS) is 10.5. The number of aryl methyl sites for hydroxylation is 2. The summed E-state index contributed by atoms with van der Waals surface area (Å²) in [5, 5.41) is 7.68. The van der Waals surface area contributed by atoms with E-state index in [-0.39, 0.29) is 12.5 Å². The average Bonchev–Trinajstić information content (AvgIpc) is 2.66. The lowest BCUT2D eigenvalue weighted by Gasteiger charge is -2.11. The van der Waals surface area contributed by atoms with Gasteiger partial charge in [-0.25, -0.2) is 0 Å². The molecule has 0 radical (unpaired) electrons. The summed E-state index contributed by atoms with van der Waals surface area (Å²) in [6.07, 6.45) is 0. The number of aromatic nitrogens is 2. The molecule has 2 rings (SSSR count). The summed E-state index contributed by atoms with van der Waals surface area (Å²) in [4.78, 5) is 12.2. The molecule has 1 amide bonds. The van der Waals surface area contributed by atoms with E-state index in [2.05, 4.69) is 10.4 Å². The molecular formula is C15H18ClN3O2. The van der Waals surface area contributed by atoms with Crippen LogP contribution in [0, 0.1) is 20.8 Å². The van der Waals surface area contributed by atoms with Crippen LogP contribution in [-0.2, 0) is 11.3 Å². The van der Waals surface area contributed by atoms with Gasteiger partial charge in [0.05, 0.1) is 29.2 Å². The first kappa shape index (κ1) is 15.4. The molecule has 0 saturated heterocycles. The Bertz CT molecular complexity index is 680. The smallest absolute Gasteiger partial charge is 0.246 e. The Hall–Kier alpha value is -2.01. The van der Waals surface area contributed by atoms with Crippen molar-refractivity contribution in [1.82, 2.24) is 9.78 Å². The third-order valence-corrected chi connectivity index (χ3v) is 3.76. The Morgan fingerprint density at radius 3 is 2.67 bits per heavy atom. The number of rotatable bonds is 4. The standard InChI is InChI=1S/C15H18ClN3O2/c1-9-5-6-13(21-4)12(7-9)17-14(20)8-19-11(3)15(16)10(2)18-19/h5-7H,8H2,1-4H3,(H,17,20). The molecule has 21 heavy (non-hydrogen) atoms. The Balaban J connectivity index is 2.15. The van der Waals surface area contributed by atoms with E-state index in [1.807, 2.05) is 39.0 Å². The van der Waals surface area contributed by atoms with Crippen molar-refractivity contribution in [2.75, 3.05) is 12.4 Å². The van der Waals surface area contributed by atoms with E-state index in [4.69, 9.17) is 16.3 Å². The summed E-state index contributed by atoms with van der Waals surface area (Å²) in [5.41, 5.74) is 3.19. The van der Waals surface area contributed by atoms with Gasteiger partial charge in [-0.2, -0.15) is 5.10 Å². The number of hydrogen-bond acceptors (Lipinski definition) is 3. The van der Waals surface area contributed by atoms with E-state index >= 15 is 0 Å². The van der Waals surface area contributed by atoms with Crippen molar-refractivity contribution in [3.8, 4) is 5.75 Å². The highest BCUT2D eigenvalue weighted by atomic mass is 35.5. The first-order valence-corrected chi connectivity index (χ1v) is 6.94. The van der Waals surface area contributed by atoms with E-state index in [0.29, 0.717) is 16.5 Å². The van der Waals surface area contributed by atoms with Crippen LogP contribution in [-0.4, -0.2) is 22.8 Å². The fourth-order valence-electron chi connectivity index (χ4n) is 2.07. The van der Waals surface area contributed by atoms with Crippen molar-refractivity contribution in [2.24, 2.45) is 0 Å². The minimum Gasteiger partial charge on any atom is -0.495 e. The highest BCUT2D eigenvalue weighted by Crippen LogP contribution is 2.25. The number of carbonyl (C=O) groups excluding carboxylic acids is 1. The third-order valence-electron chi connectivity index (χ3n) is 3.22. The second kappa shape index (κ2) is 6.18. The number of halogens is 1. The lowest BCUT2D eigenvalue weighted by molar-refractivity contribution is -0.116. The van der Waals surface area contributed by atoms with E-state index in [0.717, 1.165) is 17.0 Å². The molecular weight excluding hydrogens is 290 g/mol. The largest absolute Gasteiger partial charge is 0.495 e. The molecule has 0 saturated carbocycles. The molecule has 0 aliphatic heterocycles. The fourth-order valence-corrected chi connectivity index (χ4v) is 2.21. The van der Waals surface area contributed by atoms with E-state index in [1.165, 1.54) is 0 Å². The number of amides is 1. The molecule has 0 aliphatic carbocycles. The molecule has 112 valence electrons. The zero-order valence-corrected chi connectivity index (χ0v) is 13.3. The molecule has 0 aliphatic rings. The van der Waals surface area contributed by atoms with Gasteiger partial charge in [-0.3, -0.25) is 9.48 Å². The highest BCUT2D eigenvalue weighted by molar-refractivity contribution is 6.31. The van der Waals surface area contributed by atoms with Crippen LogP contribution in [0.3, 0.4) is 0 Å².